The molecule has 0 bridgehead atoms. The Kier molecular flexibility index (Phi) is 10.2. The number of nitrogens with one attached hydrogen (secondary N) is 2. The lowest BCUT2D eigenvalue weighted by atomic mass is 9.96. The summed E-state index contributed by atoms with van der Waals surface area (Å²) in [6, 6.07) is -1.10. The van der Waals surface area contributed by atoms with E-state index in [-0.39, 0.29) is 18.3 Å². The third kappa shape index (κ3) is 7.00. The molecule has 4 N–H and O–H groups in total. The largest absolute Gasteiger partial charge is 0.352 e. The Morgan fingerprint density at radius 3 is 2.38 bits per heavy atom. The molecule has 0 radical (unpaired) electrons. The zero-order valence-corrected chi connectivity index (χ0v) is 13.9. The van der Waals surface area contributed by atoms with Gasteiger partial charge in [-0.2, -0.15) is 0 Å². The first kappa shape index (κ1) is 20.0. The van der Waals surface area contributed by atoms with Crippen molar-refractivity contribution in [2.45, 2.75) is 45.6 Å². The number of halogens is 1. The van der Waals surface area contributed by atoms with Crippen LogP contribution in [0.15, 0.2) is 0 Å². The molecule has 1 aliphatic rings. The predicted molar refractivity (Wildman–Crippen MR) is 86.5 cm³/mol. The van der Waals surface area contributed by atoms with E-state index in [9.17, 15) is 9.59 Å². The lowest BCUT2D eigenvalue weighted by Gasteiger charge is -2.34. The minimum atomic E-state index is -0.626. The number of amides is 3. The SMILES string of the molecule is CCC[C@@H](NC(N)=O)C(=O)N1CCC(CNCC)CC1.Cl. The zero-order chi connectivity index (χ0) is 15.0. The van der Waals surface area contributed by atoms with E-state index in [0.717, 1.165) is 45.4 Å². The maximum Gasteiger partial charge on any atom is 0.312 e. The van der Waals surface area contributed by atoms with Gasteiger partial charge >= 0.3 is 6.03 Å². The molecular weight excluding hydrogens is 292 g/mol. The van der Waals surface area contributed by atoms with Crippen molar-refractivity contribution in [3.63, 3.8) is 0 Å². The third-order valence-corrected chi connectivity index (χ3v) is 3.80. The second-order valence-corrected chi connectivity index (χ2v) is 5.43. The first-order chi connectivity index (χ1) is 9.58. The molecule has 1 atom stereocenters. The molecular formula is C14H29ClN4O2. The Morgan fingerprint density at radius 2 is 1.90 bits per heavy atom. The number of hydrogen-bond acceptors (Lipinski definition) is 3. The van der Waals surface area contributed by atoms with Gasteiger partial charge in [0.25, 0.3) is 0 Å². The van der Waals surface area contributed by atoms with Crippen LogP contribution in [0.1, 0.15) is 39.5 Å². The van der Waals surface area contributed by atoms with E-state index in [1.54, 1.807) is 0 Å². The van der Waals surface area contributed by atoms with E-state index in [1.807, 2.05) is 11.8 Å². The number of carbonyl (C=O) groups excluding carboxylic acids is 2. The van der Waals surface area contributed by atoms with Crippen molar-refractivity contribution in [1.29, 1.82) is 0 Å². The summed E-state index contributed by atoms with van der Waals surface area (Å²) < 4.78 is 0. The Hall–Kier alpha value is -1.01. The molecule has 0 aromatic heterocycles. The van der Waals surface area contributed by atoms with Crippen LogP contribution in [0.25, 0.3) is 0 Å². The lowest BCUT2D eigenvalue weighted by Crippen LogP contribution is -2.52. The van der Waals surface area contributed by atoms with Crippen molar-refractivity contribution >= 4 is 24.3 Å². The molecule has 124 valence electrons. The van der Waals surface area contributed by atoms with Crippen molar-refractivity contribution in [2.24, 2.45) is 11.7 Å². The summed E-state index contributed by atoms with van der Waals surface area (Å²) in [5.41, 5.74) is 5.14. The molecule has 0 saturated carbocycles. The number of urea groups is 1. The van der Waals surface area contributed by atoms with Gasteiger partial charge in [0, 0.05) is 13.1 Å². The molecule has 0 spiro atoms. The van der Waals surface area contributed by atoms with Crippen LogP contribution in [0, 0.1) is 5.92 Å². The van der Waals surface area contributed by atoms with Crippen molar-refractivity contribution in [3.8, 4) is 0 Å². The highest BCUT2D eigenvalue weighted by Gasteiger charge is 2.28. The van der Waals surface area contributed by atoms with Gasteiger partial charge in [0.2, 0.25) is 5.91 Å². The van der Waals surface area contributed by atoms with Crippen LogP contribution >= 0.6 is 12.4 Å². The van der Waals surface area contributed by atoms with Gasteiger partial charge in [-0.3, -0.25) is 4.79 Å². The molecule has 1 rings (SSSR count). The average Bonchev–Trinajstić information content (AvgIpc) is 2.44. The Balaban J connectivity index is 0.00000400. The number of piperidine rings is 1. The van der Waals surface area contributed by atoms with Gasteiger partial charge in [0.15, 0.2) is 0 Å². The van der Waals surface area contributed by atoms with Crippen LogP contribution in [0.5, 0.6) is 0 Å². The molecule has 1 fully saturated rings. The summed E-state index contributed by atoms with van der Waals surface area (Å²) in [4.78, 5) is 25.2. The second kappa shape index (κ2) is 10.7. The molecule has 1 heterocycles. The van der Waals surface area contributed by atoms with Crippen LogP contribution in [-0.4, -0.2) is 49.1 Å². The summed E-state index contributed by atoms with van der Waals surface area (Å²) in [5, 5.41) is 5.91. The number of nitrogens with zero attached hydrogens (tertiary/aromatic N) is 1. The third-order valence-electron chi connectivity index (χ3n) is 3.80. The fraction of sp³-hybridized carbons (Fsp3) is 0.857. The van der Waals surface area contributed by atoms with Crippen molar-refractivity contribution in [3.05, 3.63) is 0 Å². The van der Waals surface area contributed by atoms with E-state index >= 15 is 0 Å². The molecule has 0 aromatic rings. The number of rotatable bonds is 7. The average molecular weight is 321 g/mol. The topological polar surface area (TPSA) is 87.5 Å². The predicted octanol–water partition coefficient (Wildman–Crippen LogP) is 1.09. The molecule has 1 aliphatic heterocycles. The van der Waals surface area contributed by atoms with E-state index in [0.29, 0.717) is 12.3 Å². The van der Waals surface area contributed by atoms with E-state index in [1.165, 1.54) is 0 Å². The molecule has 3 amide bonds. The summed E-state index contributed by atoms with van der Waals surface area (Å²) in [7, 11) is 0. The first-order valence-electron chi connectivity index (χ1n) is 7.63. The van der Waals surface area contributed by atoms with Crippen LogP contribution in [-0.2, 0) is 4.79 Å². The fourth-order valence-corrected chi connectivity index (χ4v) is 2.64. The van der Waals surface area contributed by atoms with Gasteiger partial charge in [0.1, 0.15) is 6.04 Å². The van der Waals surface area contributed by atoms with Crippen molar-refractivity contribution in [2.75, 3.05) is 26.2 Å². The molecule has 0 aromatic carbocycles. The van der Waals surface area contributed by atoms with E-state index in [2.05, 4.69) is 17.6 Å². The lowest BCUT2D eigenvalue weighted by molar-refractivity contribution is -0.134. The Bertz CT molecular complexity index is 320. The van der Waals surface area contributed by atoms with Gasteiger partial charge in [-0.1, -0.05) is 20.3 Å². The van der Waals surface area contributed by atoms with Crippen LogP contribution < -0.4 is 16.4 Å². The van der Waals surface area contributed by atoms with Crippen LogP contribution in [0.4, 0.5) is 4.79 Å². The van der Waals surface area contributed by atoms with Crippen LogP contribution in [0.3, 0.4) is 0 Å². The zero-order valence-electron chi connectivity index (χ0n) is 13.1. The Labute approximate surface area is 133 Å². The summed E-state index contributed by atoms with van der Waals surface area (Å²) in [6.45, 7) is 7.65. The summed E-state index contributed by atoms with van der Waals surface area (Å²) in [6.07, 6.45) is 3.52. The maximum atomic E-state index is 12.4. The van der Waals surface area contributed by atoms with Gasteiger partial charge in [-0.05, 0) is 38.3 Å². The molecule has 21 heavy (non-hydrogen) atoms. The van der Waals surface area contributed by atoms with E-state index < -0.39 is 12.1 Å². The minimum Gasteiger partial charge on any atom is -0.352 e. The highest BCUT2D eigenvalue weighted by atomic mass is 35.5. The number of hydrogen-bond donors (Lipinski definition) is 3. The number of likely N-dealkylation sites (tertiary alicyclic amines) is 1. The molecule has 6 nitrogen and oxygen atoms in total. The number of primary amides is 1. The molecule has 7 heteroatoms. The van der Waals surface area contributed by atoms with Crippen molar-refractivity contribution in [1.82, 2.24) is 15.5 Å². The number of carbonyl (C=O) groups is 2. The molecule has 1 saturated heterocycles. The van der Waals surface area contributed by atoms with Gasteiger partial charge in [-0.15, -0.1) is 12.4 Å². The Morgan fingerprint density at radius 1 is 1.29 bits per heavy atom. The van der Waals surface area contributed by atoms with Crippen molar-refractivity contribution < 1.29 is 9.59 Å². The minimum absolute atomic E-state index is 0. The summed E-state index contributed by atoms with van der Waals surface area (Å²) >= 11 is 0. The van der Waals surface area contributed by atoms with Gasteiger partial charge < -0.3 is 21.3 Å². The van der Waals surface area contributed by atoms with Gasteiger partial charge in [-0.25, -0.2) is 4.79 Å². The van der Waals surface area contributed by atoms with Crippen LogP contribution in [0.2, 0.25) is 0 Å². The highest BCUT2D eigenvalue weighted by molar-refractivity contribution is 5.86. The molecule has 0 unspecified atom stereocenters. The smallest absolute Gasteiger partial charge is 0.312 e. The quantitative estimate of drug-likeness (QED) is 0.656. The normalized spacial score (nSPS) is 17.0. The highest BCUT2D eigenvalue weighted by Crippen LogP contribution is 2.17. The summed E-state index contributed by atoms with van der Waals surface area (Å²) in [5.74, 6) is 0.653. The number of nitrogens with two attached hydrogens (primary N) is 1. The standard InChI is InChI=1S/C14H28N4O2.ClH/c1-3-5-12(17-14(15)20)13(19)18-8-6-11(7-9-18)10-16-4-2;/h11-12,16H,3-10H2,1-2H3,(H3,15,17,20);1H/t12-;/m1./s1. The second-order valence-electron chi connectivity index (χ2n) is 5.43. The molecule has 0 aliphatic carbocycles. The van der Waals surface area contributed by atoms with E-state index in [4.69, 9.17) is 5.73 Å². The van der Waals surface area contributed by atoms with Gasteiger partial charge in [0.05, 0.1) is 0 Å². The maximum absolute atomic E-state index is 12.4. The first-order valence-corrected chi connectivity index (χ1v) is 7.63. The fourth-order valence-electron chi connectivity index (χ4n) is 2.64. The monoisotopic (exact) mass is 320 g/mol.